The summed E-state index contributed by atoms with van der Waals surface area (Å²) in [7, 11) is 0. The van der Waals surface area contributed by atoms with Gasteiger partial charge in [0.2, 0.25) is 5.91 Å². The molecule has 0 unspecified atom stereocenters. The predicted octanol–water partition coefficient (Wildman–Crippen LogP) is 5.51. The molecule has 0 aliphatic heterocycles. The fourth-order valence-corrected chi connectivity index (χ4v) is 3.50. The van der Waals surface area contributed by atoms with Crippen molar-refractivity contribution in [3.8, 4) is 0 Å². The Kier molecular flexibility index (Phi) is 7.36. The SMILES string of the molecule is Cc1ccc(C(=O)N(CC(=O)N(Cc2ccc(F)cc2)Cc2ccc(C)o2)C(C)(C)C)cc1. The lowest BCUT2D eigenvalue weighted by Gasteiger charge is -2.37. The summed E-state index contributed by atoms with van der Waals surface area (Å²) in [5, 5.41) is 0. The minimum atomic E-state index is -0.569. The third-order valence-electron chi connectivity index (χ3n) is 5.43. The molecule has 0 bridgehead atoms. The molecule has 0 fully saturated rings. The summed E-state index contributed by atoms with van der Waals surface area (Å²) < 4.78 is 19.1. The van der Waals surface area contributed by atoms with E-state index in [1.165, 1.54) is 12.1 Å². The second-order valence-electron chi connectivity index (χ2n) is 9.32. The van der Waals surface area contributed by atoms with Gasteiger partial charge in [0.15, 0.2) is 0 Å². The van der Waals surface area contributed by atoms with Crippen molar-refractivity contribution in [1.82, 2.24) is 9.80 Å². The van der Waals surface area contributed by atoms with Crippen LogP contribution in [0.25, 0.3) is 0 Å². The lowest BCUT2D eigenvalue weighted by atomic mass is 10.0. The smallest absolute Gasteiger partial charge is 0.254 e. The molecule has 0 aliphatic carbocycles. The molecule has 0 aliphatic rings. The molecule has 1 aromatic heterocycles. The zero-order valence-corrected chi connectivity index (χ0v) is 19.9. The Morgan fingerprint density at radius 2 is 1.52 bits per heavy atom. The topological polar surface area (TPSA) is 53.8 Å². The van der Waals surface area contributed by atoms with Crippen LogP contribution < -0.4 is 0 Å². The minimum Gasteiger partial charge on any atom is -0.464 e. The van der Waals surface area contributed by atoms with E-state index in [1.807, 2.05) is 58.9 Å². The number of benzene rings is 2. The molecule has 0 atom stereocenters. The number of nitrogens with zero attached hydrogens (tertiary/aromatic N) is 2. The van der Waals surface area contributed by atoms with Crippen molar-refractivity contribution >= 4 is 11.8 Å². The van der Waals surface area contributed by atoms with Crippen LogP contribution in [0.1, 0.15) is 53.8 Å². The van der Waals surface area contributed by atoms with Crippen molar-refractivity contribution < 1.29 is 18.4 Å². The zero-order chi connectivity index (χ0) is 24.2. The molecule has 6 heteroatoms. The number of hydrogen-bond donors (Lipinski definition) is 0. The number of halogens is 1. The molecule has 0 saturated carbocycles. The first-order valence-corrected chi connectivity index (χ1v) is 11.0. The molecule has 3 rings (SSSR count). The molecule has 5 nitrogen and oxygen atoms in total. The second-order valence-corrected chi connectivity index (χ2v) is 9.32. The summed E-state index contributed by atoms with van der Waals surface area (Å²) in [4.78, 5) is 30.0. The van der Waals surface area contributed by atoms with Crippen molar-refractivity contribution in [3.63, 3.8) is 0 Å². The van der Waals surface area contributed by atoms with Gasteiger partial charge >= 0.3 is 0 Å². The monoisotopic (exact) mass is 450 g/mol. The summed E-state index contributed by atoms with van der Waals surface area (Å²) in [6.45, 7) is 9.97. The second kappa shape index (κ2) is 10.0. The van der Waals surface area contributed by atoms with Crippen molar-refractivity contribution in [3.05, 3.63) is 94.7 Å². The first-order chi connectivity index (χ1) is 15.5. The van der Waals surface area contributed by atoms with Crippen LogP contribution in [0.3, 0.4) is 0 Å². The molecule has 33 heavy (non-hydrogen) atoms. The molecule has 0 N–H and O–H groups in total. The van der Waals surface area contributed by atoms with E-state index in [9.17, 15) is 14.0 Å². The van der Waals surface area contributed by atoms with Gasteiger partial charge in [-0.1, -0.05) is 29.8 Å². The van der Waals surface area contributed by atoms with E-state index < -0.39 is 5.54 Å². The van der Waals surface area contributed by atoms with Crippen LogP contribution in [0.2, 0.25) is 0 Å². The van der Waals surface area contributed by atoms with Crippen LogP contribution in [0, 0.1) is 19.7 Å². The highest BCUT2D eigenvalue weighted by Crippen LogP contribution is 2.20. The van der Waals surface area contributed by atoms with Gasteiger partial charge in [-0.2, -0.15) is 0 Å². The van der Waals surface area contributed by atoms with Gasteiger partial charge in [-0.15, -0.1) is 0 Å². The summed E-state index contributed by atoms with van der Waals surface area (Å²) in [5.41, 5.74) is 1.82. The molecule has 0 saturated heterocycles. The van der Waals surface area contributed by atoms with Crippen molar-refractivity contribution in [2.24, 2.45) is 0 Å². The Hall–Kier alpha value is -3.41. The van der Waals surface area contributed by atoms with Crippen molar-refractivity contribution in [2.45, 2.75) is 53.2 Å². The molecule has 2 amide bonds. The third kappa shape index (κ3) is 6.54. The van der Waals surface area contributed by atoms with Crippen LogP contribution in [0.4, 0.5) is 4.39 Å². The summed E-state index contributed by atoms with van der Waals surface area (Å²) in [5.74, 6) is 0.649. The number of carbonyl (C=O) groups excluding carboxylic acids is 2. The molecular weight excluding hydrogens is 419 g/mol. The number of amides is 2. The van der Waals surface area contributed by atoms with E-state index in [0.29, 0.717) is 11.3 Å². The molecule has 0 spiro atoms. The molecule has 0 radical (unpaired) electrons. The maximum Gasteiger partial charge on any atom is 0.254 e. The fraction of sp³-hybridized carbons (Fsp3) is 0.333. The molecule has 3 aromatic rings. The zero-order valence-electron chi connectivity index (χ0n) is 19.9. The fourth-order valence-electron chi connectivity index (χ4n) is 3.50. The Morgan fingerprint density at radius 1 is 0.879 bits per heavy atom. The largest absolute Gasteiger partial charge is 0.464 e. The minimum absolute atomic E-state index is 0.0862. The average molecular weight is 451 g/mol. The first-order valence-electron chi connectivity index (χ1n) is 11.0. The first kappa shape index (κ1) is 24.2. The van der Waals surface area contributed by atoms with Gasteiger partial charge in [-0.25, -0.2) is 4.39 Å². The number of aryl methyl sites for hydroxylation is 2. The van der Waals surface area contributed by atoms with Crippen molar-refractivity contribution in [2.75, 3.05) is 6.54 Å². The predicted molar refractivity (Wildman–Crippen MR) is 126 cm³/mol. The molecule has 174 valence electrons. The number of hydrogen-bond acceptors (Lipinski definition) is 3. The number of carbonyl (C=O) groups is 2. The van der Waals surface area contributed by atoms with Crippen LogP contribution in [0.15, 0.2) is 65.1 Å². The standard InChI is InChI=1S/C27H31FN2O3/c1-19-6-11-22(12-7-19)26(32)30(27(3,4)5)18-25(31)29(17-24-15-8-20(2)33-24)16-21-9-13-23(28)14-10-21/h6-15H,16-18H2,1-5H3. The number of furan rings is 1. The van der Waals surface area contributed by atoms with Crippen LogP contribution in [-0.4, -0.2) is 33.7 Å². The highest BCUT2D eigenvalue weighted by Gasteiger charge is 2.31. The quantitative estimate of drug-likeness (QED) is 0.477. The normalized spacial score (nSPS) is 11.3. The maximum atomic E-state index is 13.5. The van der Waals surface area contributed by atoms with E-state index in [-0.39, 0.29) is 37.3 Å². The van der Waals surface area contributed by atoms with Gasteiger partial charge in [0, 0.05) is 17.6 Å². The van der Waals surface area contributed by atoms with Crippen LogP contribution in [0.5, 0.6) is 0 Å². The summed E-state index contributed by atoms with van der Waals surface area (Å²) in [6.07, 6.45) is 0. The van der Waals surface area contributed by atoms with E-state index in [2.05, 4.69) is 0 Å². The van der Waals surface area contributed by atoms with Gasteiger partial charge in [0.05, 0.1) is 6.54 Å². The molecule has 2 aromatic carbocycles. The van der Waals surface area contributed by atoms with Gasteiger partial charge in [-0.3, -0.25) is 9.59 Å². The Morgan fingerprint density at radius 3 is 2.06 bits per heavy atom. The van der Waals surface area contributed by atoms with E-state index in [4.69, 9.17) is 4.42 Å². The van der Waals surface area contributed by atoms with Gasteiger partial charge < -0.3 is 14.2 Å². The lowest BCUT2D eigenvalue weighted by Crippen LogP contribution is -2.51. The van der Waals surface area contributed by atoms with Gasteiger partial charge in [0.1, 0.15) is 23.9 Å². The van der Waals surface area contributed by atoms with E-state index in [1.54, 1.807) is 34.1 Å². The molecule has 1 heterocycles. The van der Waals surface area contributed by atoms with Gasteiger partial charge in [0.25, 0.3) is 5.91 Å². The number of rotatable bonds is 7. The van der Waals surface area contributed by atoms with E-state index in [0.717, 1.165) is 16.9 Å². The van der Waals surface area contributed by atoms with E-state index >= 15 is 0 Å². The van der Waals surface area contributed by atoms with Crippen LogP contribution >= 0.6 is 0 Å². The third-order valence-corrected chi connectivity index (χ3v) is 5.43. The Bertz CT molecular complexity index is 1100. The average Bonchev–Trinajstić information content (AvgIpc) is 3.16. The maximum absolute atomic E-state index is 13.5. The lowest BCUT2D eigenvalue weighted by molar-refractivity contribution is -0.134. The highest BCUT2D eigenvalue weighted by molar-refractivity contribution is 5.97. The summed E-state index contributed by atoms with van der Waals surface area (Å²) in [6, 6.07) is 17.1. The van der Waals surface area contributed by atoms with Crippen molar-refractivity contribution in [1.29, 1.82) is 0 Å². The molecular formula is C27H31FN2O3. The highest BCUT2D eigenvalue weighted by atomic mass is 19.1. The van der Waals surface area contributed by atoms with Gasteiger partial charge in [-0.05, 0) is 76.6 Å². The Labute approximate surface area is 194 Å². The van der Waals surface area contributed by atoms with Crippen LogP contribution in [-0.2, 0) is 17.9 Å². The summed E-state index contributed by atoms with van der Waals surface area (Å²) >= 11 is 0. The Balaban J connectivity index is 1.85.